The molecule has 0 heterocycles. The Labute approximate surface area is 72.9 Å². The molecule has 1 nitrogen and oxygen atoms in total. The SMILES string of the molecule is CPCC(C)(C)CCC(C)N. The summed E-state index contributed by atoms with van der Waals surface area (Å²) in [5.41, 5.74) is 6.21. The second kappa shape index (κ2) is 5.11. The quantitative estimate of drug-likeness (QED) is 0.638. The lowest BCUT2D eigenvalue weighted by Crippen LogP contribution is -2.21. The molecule has 0 bridgehead atoms. The summed E-state index contributed by atoms with van der Waals surface area (Å²) in [5, 5.41) is 0. The van der Waals surface area contributed by atoms with Crippen LogP contribution in [-0.4, -0.2) is 18.9 Å². The molecule has 0 spiro atoms. The summed E-state index contributed by atoms with van der Waals surface area (Å²) >= 11 is 0. The van der Waals surface area contributed by atoms with E-state index in [1.807, 2.05) is 0 Å². The Morgan fingerprint density at radius 2 is 2.00 bits per heavy atom. The Balaban J connectivity index is 3.54. The van der Waals surface area contributed by atoms with Gasteiger partial charge in [0.15, 0.2) is 0 Å². The maximum absolute atomic E-state index is 5.70. The van der Waals surface area contributed by atoms with E-state index in [1.165, 1.54) is 12.6 Å². The molecule has 0 aromatic carbocycles. The van der Waals surface area contributed by atoms with Crippen LogP contribution in [0.4, 0.5) is 0 Å². The topological polar surface area (TPSA) is 26.0 Å². The van der Waals surface area contributed by atoms with Crippen LogP contribution in [0.1, 0.15) is 33.6 Å². The van der Waals surface area contributed by atoms with Crippen molar-refractivity contribution < 1.29 is 0 Å². The van der Waals surface area contributed by atoms with E-state index >= 15 is 0 Å². The normalized spacial score (nSPS) is 16.1. The molecule has 0 aliphatic heterocycles. The molecule has 2 heteroatoms. The van der Waals surface area contributed by atoms with Crippen molar-refractivity contribution in [2.24, 2.45) is 11.1 Å². The van der Waals surface area contributed by atoms with Gasteiger partial charge in [-0.2, -0.15) is 0 Å². The van der Waals surface area contributed by atoms with Gasteiger partial charge in [-0.05, 0) is 38.0 Å². The molecule has 0 aromatic heterocycles. The van der Waals surface area contributed by atoms with E-state index in [0.29, 0.717) is 11.5 Å². The van der Waals surface area contributed by atoms with E-state index in [4.69, 9.17) is 5.73 Å². The molecule has 0 saturated carbocycles. The first-order chi connectivity index (χ1) is 4.98. The van der Waals surface area contributed by atoms with Crippen molar-refractivity contribution in [1.82, 2.24) is 0 Å². The molecule has 0 rings (SSSR count). The molecule has 68 valence electrons. The highest BCUT2D eigenvalue weighted by molar-refractivity contribution is 7.37. The average molecular weight is 175 g/mol. The molecule has 0 radical (unpaired) electrons. The summed E-state index contributed by atoms with van der Waals surface area (Å²) in [6, 6.07) is 0.370. The van der Waals surface area contributed by atoms with E-state index in [0.717, 1.165) is 15.0 Å². The van der Waals surface area contributed by atoms with Crippen LogP contribution in [0.5, 0.6) is 0 Å². The fraction of sp³-hybridized carbons (Fsp3) is 1.00. The smallest absolute Gasteiger partial charge is 0.00106 e. The Morgan fingerprint density at radius 3 is 2.36 bits per heavy atom. The van der Waals surface area contributed by atoms with Crippen molar-refractivity contribution in [2.75, 3.05) is 12.8 Å². The largest absolute Gasteiger partial charge is 0.328 e. The van der Waals surface area contributed by atoms with Gasteiger partial charge in [0.2, 0.25) is 0 Å². The van der Waals surface area contributed by atoms with Crippen molar-refractivity contribution in [3.8, 4) is 0 Å². The van der Waals surface area contributed by atoms with Crippen molar-refractivity contribution in [1.29, 1.82) is 0 Å². The van der Waals surface area contributed by atoms with E-state index in [9.17, 15) is 0 Å². The number of nitrogens with two attached hydrogens (primary N) is 1. The molecule has 0 aliphatic carbocycles. The molecule has 2 N–H and O–H groups in total. The highest BCUT2D eigenvalue weighted by Gasteiger charge is 2.16. The van der Waals surface area contributed by atoms with Crippen LogP contribution < -0.4 is 5.73 Å². The van der Waals surface area contributed by atoms with Crippen LogP contribution in [-0.2, 0) is 0 Å². The van der Waals surface area contributed by atoms with Crippen molar-refractivity contribution in [3.05, 3.63) is 0 Å². The Hall–Kier alpha value is 0.390. The second-order valence-corrected chi connectivity index (χ2v) is 5.27. The lowest BCUT2D eigenvalue weighted by atomic mass is 9.89. The first-order valence-corrected chi connectivity index (χ1v) is 6.09. The first kappa shape index (κ1) is 11.4. The zero-order valence-electron chi connectivity index (χ0n) is 8.28. The third kappa shape index (κ3) is 6.77. The Morgan fingerprint density at radius 1 is 1.45 bits per heavy atom. The molecular formula is C9H22NP. The van der Waals surface area contributed by atoms with Crippen LogP contribution in [0.15, 0.2) is 0 Å². The summed E-state index contributed by atoms with van der Waals surface area (Å²) in [4.78, 5) is 0. The fourth-order valence-corrected chi connectivity index (χ4v) is 2.32. The molecule has 0 amide bonds. The molecule has 0 aromatic rings. The summed E-state index contributed by atoms with van der Waals surface area (Å²) < 4.78 is 0. The second-order valence-electron chi connectivity index (χ2n) is 4.21. The number of hydrogen-bond donors (Lipinski definition) is 1. The van der Waals surface area contributed by atoms with Gasteiger partial charge in [-0.3, -0.25) is 0 Å². The van der Waals surface area contributed by atoms with Gasteiger partial charge >= 0.3 is 0 Å². The van der Waals surface area contributed by atoms with Gasteiger partial charge in [0, 0.05) is 6.04 Å². The van der Waals surface area contributed by atoms with E-state index in [1.54, 1.807) is 0 Å². The van der Waals surface area contributed by atoms with E-state index in [2.05, 4.69) is 27.4 Å². The molecule has 0 aliphatic rings. The van der Waals surface area contributed by atoms with Gasteiger partial charge in [-0.25, -0.2) is 0 Å². The number of rotatable bonds is 5. The van der Waals surface area contributed by atoms with Gasteiger partial charge in [0.25, 0.3) is 0 Å². The summed E-state index contributed by atoms with van der Waals surface area (Å²) in [5.74, 6) is 0. The minimum atomic E-state index is 0.370. The Bertz CT molecular complexity index is 99.7. The van der Waals surface area contributed by atoms with E-state index < -0.39 is 0 Å². The van der Waals surface area contributed by atoms with E-state index in [-0.39, 0.29) is 0 Å². The zero-order chi connectivity index (χ0) is 8.91. The lowest BCUT2D eigenvalue weighted by Gasteiger charge is -2.24. The summed E-state index contributed by atoms with van der Waals surface area (Å²) in [6.07, 6.45) is 3.78. The third-order valence-electron chi connectivity index (χ3n) is 1.93. The number of hydrogen-bond acceptors (Lipinski definition) is 1. The molecule has 2 unspecified atom stereocenters. The molecule has 0 fully saturated rings. The molecular weight excluding hydrogens is 153 g/mol. The third-order valence-corrected chi connectivity index (χ3v) is 3.24. The zero-order valence-corrected chi connectivity index (χ0v) is 9.28. The van der Waals surface area contributed by atoms with Crippen LogP contribution >= 0.6 is 8.58 Å². The van der Waals surface area contributed by atoms with Crippen molar-refractivity contribution in [2.45, 2.75) is 39.7 Å². The minimum absolute atomic E-state index is 0.370. The van der Waals surface area contributed by atoms with Crippen LogP contribution in [0.2, 0.25) is 0 Å². The standard InChI is InChI=1S/C9H22NP/c1-8(10)5-6-9(2,3)7-11-4/h8,11H,5-7,10H2,1-4H3. The van der Waals surface area contributed by atoms with Crippen LogP contribution in [0.3, 0.4) is 0 Å². The van der Waals surface area contributed by atoms with Crippen LogP contribution in [0.25, 0.3) is 0 Å². The lowest BCUT2D eigenvalue weighted by molar-refractivity contribution is 0.360. The average Bonchev–Trinajstić information content (AvgIpc) is 1.84. The van der Waals surface area contributed by atoms with Gasteiger partial charge in [-0.1, -0.05) is 13.8 Å². The highest BCUT2D eigenvalue weighted by atomic mass is 31.1. The van der Waals surface area contributed by atoms with Gasteiger partial charge in [0.05, 0.1) is 0 Å². The minimum Gasteiger partial charge on any atom is -0.328 e. The maximum Gasteiger partial charge on any atom is 0.00106 e. The summed E-state index contributed by atoms with van der Waals surface area (Å²) in [6.45, 7) is 9.04. The summed E-state index contributed by atoms with van der Waals surface area (Å²) in [7, 11) is 1.07. The monoisotopic (exact) mass is 175 g/mol. The molecule has 2 atom stereocenters. The Kier molecular flexibility index (Phi) is 5.29. The van der Waals surface area contributed by atoms with Gasteiger partial charge in [-0.15, -0.1) is 8.58 Å². The van der Waals surface area contributed by atoms with Gasteiger partial charge < -0.3 is 5.73 Å². The molecule has 11 heavy (non-hydrogen) atoms. The first-order valence-electron chi connectivity index (χ1n) is 4.38. The fourth-order valence-electron chi connectivity index (χ4n) is 1.19. The van der Waals surface area contributed by atoms with Gasteiger partial charge in [0.1, 0.15) is 0 Å². The molecule has 0 saturated heterocycles. The predicted molar refractivity (Wildman–Crippen MR) is 55.8 cm³/mol. The maximum atomic E-state index is 5.70. The van der Waals surface area contributed by atoms with Crippen molar-refractivity contribution in [3.63, 3.8) is 0 Å². The highest BCUT2D eigenvalue weighted by Crippen LogP contribution is 2.28. The van der Waals surface area contributed by atoms with Crippen LogP contribution in [0, 0.1) is 5.41 Å². The van der Waals surface area contributed by atoms with Crippen molar-refractivity contribution >= 4 is 8.58 Å². The predicted octanol–water partition coefficient (Wildman–Crippen LogP) is 2.45.